The zero-order chi connectivity index (χ0) is 13.9. The number of hydrogen-bond donors (Lipinski definition) is 1. The topological polar surface area (TPSA) is 89.4 Å². The van der Waals surface area contributed by atoms with E-state index < -0.39 is 9.84 Å². The van der Waals surface area contributed by atoms with Crippen LogP contribution in [-0.2, 0) is 16.3 Å². The molecular formula is C11H15ClN2O4S. The molecule has 1 aromatic rings. The van der Waals surface area contributed by atoms with Crippen LogP contribution >= 0.6 is 11.6 Å². The van der Waals surface area contributed by atoms with Crippen molar-refractivity contribution >= 4 is 21.4 Å². The number of sulfone groups is 1. The van der Waals surface area contributed by atoms with Gasteiger partial charge in [0.25, 0.3) is 0 Å². The molecule has 1 aromatic heterocycles. The Morgan fingerprint density at radius 1 is 1.26 bits per heavy atom. The second-order valence-electron chi connectivity index (χ2n) is 4.28. The number of fused-ring (bicyclic) bond motifs is 1. The van der Waals surface area contributed by atoms with Gasteiger partial charge < -0.3 is 9.84 Å². The summed E-state index contributed by atoms with van der Waals surface area (Å²) in [7, 11) is -3.35. The van der Waals surface area contributed by atoms with Crippen molar-refractivity contribution in [2.24, 2.45) is 0 Å². The van der Waals surface area contributed by atoms with Gasteiger partial charge in [-0.25, -0.2) is 13.4 Å². The van der Waals surface area contributed by atoms with Crippen LogP contribution in [0.4, 0.5) is 0 Å². The largest absolute Gasteiger partial charge is 0.477 e. The minimum Gasteiger partial charge on any atom is -0.477 e. The number of aryl methyl sites for hydroxylation is 1. The Labute approximate surface area is 116 Å². The van der Waals surface area contributed by atoms with Gasteiger partial charge in [0.15, 0.2) is 14.7 Å². The summed E-state index contributed by atoms with van der Waals surface area (Å²) in [6.45, 7) is 0.485. The third-order valence-electron chi connectivity index (χ3n) is 2.84. The molecule has 0 atom stereocenters. The van der Waals surface area contributed by atoms with Crippen molar-refractivity contribution in [2.75, 3.05) is 19.0 Å². The third kappa shape index (κ3) is 3.34. The highest BCUT2D eigenvalue weighted by Crippen LogP contribution is 2.32. The van der Waals surface area contributed by atoms with Crippen LogP contribution in [0.1, 0.15) is 25.0 Å². The van der Waals surface area contributed by atoms with Crippen LogP contribution in [-0.4, -0.2) is 42.5 Å². The highest BCUT2D eigenvalue weighted by Gasteiger charge is 2.33. The monoisotopic (exact) mass is 306 g/mol. The fraction of sp³-hybridized carbons (Fsp3) is 0.636. The van der Waals surface area contributed by atoms with Gasteiger partial charge in [-0.15, -0.1) is 0 Å². The molecule has 1 aliphatic rings. The summed E-state index contributed by atoms with van der Waals surface area (Å²) in [4.78, 5) is 7.87. The highest BCUT2D eigenvalue weighted by atomic mass is 35.5. The van der Waals surface area contributed by atoms with E-state index in [9.17, 15) is 8.42 Å². The number of aliphatic hydroxyl groups excluding tert-OH is 1. The molecule has 0 spiro atoms. The van der Waals surface area contributed by atoms with Gasteiger partial charge >= 0.3 is 0 Å². The number of rotatable bonds is 6. The fourth-order valence-corrected chi connectivity index (χ4v) is 3.64. The van der Waals surface area contributed by atoms with Crippen LogP contribution in [0.25, 0.3) is 0 Å². The van der Waals surface area contributed by atoms with Crippen LogP contribution < -0.4 is 4.74 Å². The zero-order valence-electron chi connectivity index (χ0n) is 10.3. The van der Waals surface area contributed by atoms with E-state index in [1.807, 2.05) is 0 Å². The van der Waals surface area contributed by atoms with Crippen molar-refractivity contribution in [3.63, 3.8) is 0 Å². The van der Waals surface area contributed by atoms with Crippen LogP contribution in [0.5, 0.6) is 5.88 Å². The molecule has 0 radical (unpaired) electrons. The Bertz CT molecular complexity index is 562. The van der Waals surface area contributed by atoms with Gasteiger partial charge in [-0.3, -0.25) is 0 Å². The molecule has 6 nitrogen and oxygen atoms in total. The molecule has 0 unspecified atom stereocenters. The van der Waals surface area contributed by atoms with Gasteiger partial charge in [0, 0.05) is 13.0 Å². The Morgan fingerprint density at radius 2 is 2.05 bits per heavy atom. The van der Waals surface area contributed by atoms with E-state index >= 15 is 0 Å². The van der Waals surface area contributed by atoms with Crippen molar-refractivity contribution in [3.05, 3.63) is 11.0 Å². The standard InChI is InChI=1S/C11H15ClN2O4S/c12-11-13-8-4-7-19(16,17)9(8)10(14-11)18-6-3-1-2-5-15/h15H,1-7H2. The number of halogens is 1. The molecular weight excluding hydrogens is 292 g/mol. The molecule has 106 valence electrons. The highest BCUT2D eigenvalue weighted by molar-refractivity contribution is 7.91. The van der Waals surface area contributed by atoms with E-state index in [0.29, 0.717) is 25.1 Å². The van der Waals surface area contributed by atoms with Crippen LogP contribution in [0.3, 0.4) is 0 Å². The van der Waals surface area contributed by atoms with E-state index in [4.69, 9.17) is 21.4 Å². The van der Waals surface area contributed by atoms with E-state index in [0.717, 1.165) is 12.8 Å². The van der Waals surface area contributed by atoms with Gasteiger partial charge in [-0.05, 0) is 30.9 Å². The summed E-state index contributed by atoms with van der Waals surface area (Å²) in [6.07, 6.45) is 2.58. The molecule has 2 heterocycles. The van der Waals surface area contributed by atoms with Gasteiger partial charge in [0.2, 0.25) is 11.2 Å². The fourth-order valence-electron chi connectivity index (χ4n) is 1.92. The van der Waals surface area contributed by atoms with E-state index in [2.05, 4.69) is 9.97 Å². The maximum absolute atomic E-state index is 11.9. The molecule has 1 aliphatic heterocycles. The average molecular weight is 307 g/mol. The van der Waals surface area contributed by atoms with Crippen molar-refractivity contribution in [1.29, 1.82) is 0 Å². The molecule has 0 aliphatic carbocycles. The summed E-state index contributed by atoms with van der Waals surface area (Å²) in [5, 5.41) is 8.66. The molecule has 2 rings (SSSR count). The molecule has 19 heavy (non-hydrogen) atoms. The van der Waals surface area contributed by atoms with Crippen LogP contribution in [0.2, 0.25) is 5.28 Å². The minimum atomic E-state index is -3.35. The third-order valence-corrected chi connectivity index (χ3v) is 4.78. The second kappa shape index (κ2) is 6.02. The summed E-state index contributed by atoms with van der Waals surface area (Å²) in [6, 6.07) is 0. The molecule has 0 saturated carbocycles. The van der Waals surface area contributed by atoms with Crippen LogP contribution in [0, 0.1) is 0 Å². The van der Waals surface area contributed by atoms with Gasteiger partial charge in [0.05, 0.1) is 18.1 Å². The Kier molecular flexibility index (Phi) is 4.59. The number of ether oxygens (including phenoxy) is 1. The average Bonchev–Trinajstić information content (AvgIpc) is 2.64. The maximum atomic E-state index is 11.9. The van der Waals surface area contributed by atoms with Crippen molar-refractivity contribution in [3.8, 4) is 5.88 Å². The lowest BCUT2D eigenvalue weighted by atomic mass is 10.2. The van der Waals surface area contributed by atoms with Gasteiger partial charge in [-0.1, -0.05) is 0 Å². The van der Waals surface area contributed by atoms with Crippen molar-refractivity contribution < 1.29 is 18.3 Å². The van der Waals surface area contributed by atoms with Crippen LogP contribution in [0.15, 0.2) is 4.90 Å². The molecule has 0 bridgehead atoms. The lowest BCUT2D eigenvalue weighted by Gasteiger charge is -2.09. The van der Waals surface area contributed by atoms with Gasteiger partial charge in [0.1, 0.15) is 0 Å². The normalized spacial score (nSPS) is 16.3. The smallest absolute Gasteiger partial charge is 0.237 e. The summed E-state index contributed by atoms with van der Waals surface area (Å²) >= 11 is 5.75. The Balaban J connectivity index is 2.13. The second-order valence-corrected chi connectivity index (χ2v) is 6.66. The zero-order valence-corrected chi connectivity index (χ0v) is 11.9. The summed E-state index contributed by atoms with van der Waals surface area (Å²) in [5.41, 5.74) is 0.436. The first-order valence-electron chi connectivity index (χ1n) is 6.07. The lowest BCUT2D eigenvalue weighted by Crippen LogP contribution is -2.07. The van der Waals surface area contributed by atoms with E-state index in [1.54, 1.807) is 0 Å². The van der Waals surface area contributed by atoms with E-state index in [1.165, 1.54) is 0 Å². The molecule has 0 saturated heterocycles. The van der Waals surface area contributed by atoms with E-state index in [-0.39, 0.29) is 28.4 Å². The maximum Gasteiger partial charge on any atom is 0.237 e. The first-order chi connectivity index (χ1) is 9.04. The Hall–Kier alpha value is -0.920. The predicted molar refractivity (Wildman–Crippen MR) is 69.2 cm³/mol. The van der Waals surface area contributed by atoms with Crippen molar-refractivity contribution in [2.45, 2.75) is 30.6 Å². The molecule has 0 amide bonds. The Morgan fingerprint density at radius 3 is 2.79 bits per heavy atom. The number of aliphatic hydroxyl groups is 1. The molecule has 8 heteroatoms. The number of nitrogens with zero attached hydrogens (tertiary/aromatic N) is 2. The summed E-state index contributed by atoms with van der Waals surface area (Å²) in [5.74, 6) is 0.0783. The SMILES string of the molecule is O=S1(=O)CCc2nc(Cl)nc(OCCCCCO)c21. The van der Waals surface area contributed by atoms with Gasteiger partial charge in [-0.2, -0.15) is 4.98 Å². The lowest BCUT2D eigenvalue weighted by molar-refractivity contribution is 0.259. The molecule has 1 N–H and O–H groups in total. The molecule has 0 fully saturated rings. The van der Waals surface area contributed by atoms with Crippen molar-refractivity contribution in [1.82, 2.24) is 9.97 Å². The minimum absolute atomic E-state index is 0.00112. The number of unbranched alkanes of at least 4 members (excludes halogenated alkanes) is 2. The molecule has 0 aromatic carbocycles. The quantitative estimate of drug-likeness (QED) is 0.623. The number of aromatic nitrogens is 2. The predicted octanol–water partition coefficient (Wildman–Crippen LogP) is 1.00. The number of hydrogen-bond acceptors (Lipinski definition) is 6. The summed E-state index contributed by atoms with van der Waals surface area (Å²) < 4.78 is 29.2. The first-order valence-corrected chi connectivity index (χ1v) is 8.10. The first kappa shape index (κ1) is 14.5.